The van der Waals surface area contributed by atoms with E-state index in [4.69, 9.17) is 16.7 Å². The predicted molar refractivity (Wildman–Crippen MR) is 89.0 cm³/mol. The second-order valence-corrected chi connectivity index (χ2v) is 7.40. The first-order valence-corrected chi connectivity index (χ1v) is 8.84. The van der Waals surface area contributed by atoms with Crippen molar-refractivity contribution >= 4 is 43.2 Å². The Morgan fingerprint density at radius 2 is 1.90 bits per heavy atom. The Bertz CT molecular complexity index is 765. The van der Waals surface area contributed by atoms with E-state index >= 15 is 0 Å². The van der Waals surface area contributed by atoms with Crippen molar-refractivity contribution in [2.45, 2.75) is 17.9 Å². The maximum atomic E-state index is 11.3. The lowest BCUT2D eigenvalue weighted by atomic mass is 10.1. The van der Waals surface area contributed by atoms with Gasteiger partial charge in [-0.25, -0.2) is 13.6 Å². The first-order valence-electron chi connectivity index (χ1n) is 6.12. The fourth-order valence-electron chi connectivity index (χ4n) is 1.93. The van der Waals surface area contributed by atoms with Gasteiger partial charge in [0, 0.05) is 15.2 Å². The molecule has 0 fully saturated rings. The molecule has 0 aliphatic rings. The summed E-state index contributed by atoms with van der Waals surface area (Å²) < 4.78 is 23.2. The minimum Gasteiger partial charge on any atom is -0.378 e. The summed E-state index contributed by atoms with van der Waals surface area (Å²) in [5.74, 6) is 0. The molecule has 0 radical (unpaired) electrons. The van der Waals surface area contributed by atoms with E-state index < -0.39 is 10.0 Å². The van der Waals surface area contributed by atoms with Gasteiger partial charge in [-0.2, -0.15) is 0 Å². The summed E-state index contributed by atoms with van der Waals surface area (Å²) in [7, 11) is -3.71. The second-order valence-electron chi connectivity index (χ2n) is 4.57. The summed E-state index contributed by atoms with van der Waals surface area (Å²) in [5, 5.41) is 9.06. The van der Waals surface area contributed by atoms with Crippen LogP contribution in [0, 0.1) is 0 Å². The fourth-order valence-corrected chi connectivity index (χ4v) is 3.41. The van der Waals surface area contributed by atoms with E-state index in [-0.39, 0.29) is 10.9 Å². The van der Waals surface area contributed by atoms with Gasteiger partial charge in [0.1, 0.15) is 0 Å². The van der Waals surface area contributed by atoms with Crippen LogP contribution < -0.4 is 10.5 Å². The highest BCUT2D eigenvalue weighted by Crippen LogP contribution is 2.30. The molecule has 0 aromatic heterocycles. The molecule has 21 heavy (non-hydrogen) atoms. The zero-order valence-corrected chi connectivity index (χ0v) is 14.3. The molecule has 0 aliphatic heterocycles. The zero-order chi connectivity index (χ0) is 15.6. The van der Waals surface area contributed by atoms with Crippen molar-refractivity contribution in [1.29, 1.82) is 0 Å². The molecule has 112 valence electrons. The Balaban J connectivity index is 2.27. The predicted octanol–water partition coefficient (Wildman–Crippen LogP) is 3.92. The van der Waals surface area contributed by atoms with Crippen molar-refractivity contribution in [2.75, 3.05) is 5.32 Å². The summed E-state index contributed by atoms with van der Waals surface area (Å²) in [6, 6.07) is 12.1. The van der Waals surface area contributed by atoms with Crippen LogP contribution in [0.3, 0.4) is 0 Å². The third-order valence-electron chi connectivity index (χ3n) is 3.01. The van der Waals surface area contributed by atoms with Crippen molar-refractivity contribution in [3.63, 3.8) is 0 Å². The molecule has 2 aromatic rings. The number of primary sulfonamides is 1. The second kappa shape index (κ2) is 6.36. The zero-order valence-electron chi connectivity index (χ0n) is 11.2. The monoisotopic (exact) mass is 388 g/mol. The van der Waals surface area contributed by atoms with E-state index in [1.165, 1.54) is 12.1 Å². The molecule has 1 atom stereocenters. The summed E-state index contributed by atoms with van der Waals surface area (Å²) in [4.78, 5) is 0.0605. The van der Waals surface area contributed by atoms with Gasteiger partial charge >= 0.3 is 0 Å². The van der Waals surface area contributed by atoms with Crippen LogP contribution in [0.5, 0.6) is 0 Å². The number of rotatable bonds is 4. The van der Waals surface area contributed by atoms with Crippen LogP contribution in [0.1, 0.15) is 18.5 Å². The molecule has 0 bridgehead atoms. The first-order chi connectivity index (χ1) is 9.79. The lowest BCUT2D eigenvalue weighted by molar-refractivity contribution is 0.598. The minimum absolute atomic E-state index is 0.0321. The normalized spacial score (nSPS) is 13.0. The molecule has 2 aromatic carbocycles. The SMILES string of the molecule is CC(Nc1ccc(S(N)(=O)=O)cc1Br)c1ccccc1Cl. The van der Waals surface area contributed by atoms with Crippen LogP contribution in [0.4, 0.5) is 5.69 Å². The number of nitrogens with two attached hydrogens (primary N) is 1. The highest BCUT2D eigenvalue weighted by molar-refractivity contribution is 9.10. The van der Waals surface area contributed by atoms with Gasteiger partial charge in [-0.1, -0.05) is 29.8 Å². The molecular weight excluding hydrogens is 376 g/mol. The number of halogens is 2. The van der Waals surface area contributed by atoms with Crippen LogP contribution in [-0.4, -0.2) is 8.42 Å². The van der Waals surface area contributed by atoms with Gasteiger partial charge in [-0.15, -0.1) is 0 Å². The van der Waals surface area contributed by atoms with Crippen LogP contribution in [0.25, 0.3) is 0 Å². The van der Waals surface area contributed by atoms with E-state index in [9.17, 15) is 8.42 Å². The summed E-state index contributed by atoms with van der Waals surface area (Å²) >= 11 is 9.51. The third kappa shape index (κ3) is 3.97. The molecule has 0 heterocycles. The van der Waals surface area contributed by atoms with Gasteiger partial charge in [0.2, 0.25) is 10.0 Å². The number of anilines is 1. The quantitative estimate of drug-likeness (QED) is 0.832. The van der Waals surface area contributed by atoms with Gasteiger partial charge in [0.05, 0.1) is 10.9 Å². The molecule has 0 aliphatic carbocycles. The maximum Gasteiger partial charge on any atom is 0.238 e. The average molecular weight is 390 g/mol. The Hall–Kier alpha value is -1.08. The molecule has 1 unspecified atom stereocenters. The largest absolute Gasteiger partial charge is 0.378 e. The van der Waals surface area contributed by atoms with Crippen molar-refractivity contribution in [2.24, 2.45) is 5.14 Å². The van der Waals surface area contributed by atoms with Gasteiger partial charge in [0.15, 0.2) is 0 Å². The van der Waals surface area contributed by atoms with Gasteiger partial charge in [-0.05, 0) is 52.7 Å². The smallest absolute Gasteiger partial charge is 0.238 e. The molecule has 3 N–H and O–H groups in total. The number of nitrogens with one attached hydrogen (secondary N) is 1. The number of benzene rings is 2. The van der Waals surface area contributed by atoms with Crippen LogP contribution in [-0.2, 0) is 10.0 Å². The van der Waals surface area contributed by atoms with Gasteiger partial charge < -0.3 is 5.32 Å². The molecule has 0 saturated carbocycles. The standard InChI is InChI=1S/C14H14BrClN2O2S/c1-9(11-4-2-3-5-13(11)16)18-14-7-6-10(8-12(14)15)21(17,19)20/h2-9,18H,1H3,(H2,17,19,20). The maximum absolute atomic E-state index is 11.3. The van der Waals surface area contributed by atoms with E-state index in [0.29, 0.717) is 9.50 Å². The van der Waals surface area contributed by atoms with E-state index in [1.807, 2.05) is 31.2 Å². The van der Waals surface area contributed by atoms with Crippen LogP contribution in [0.15, 0.2) is 51.8 Å². The number of hydrogen-bond donors (Lipinski definition) is 2. The molecule has 0 saturated heterocycles. The minimum atomic E-state index is -3.71. The Morgan fingerprint density at radius 3 is 2.48 bits per heavy atom. The van der Waals surface area contributed by atoms with Crippen molar-refractivity contribution in [3.05, 3.63) is 57.5 Å². The average Bonchev–Trinajstić information content (AvgIpc) is 2.40. The number of hydrogen-bond acceptors (Lipinski definition) is 3. The van der Waals surface area contributed by atoms with Gasteiger partial charge in [-0.3, -0.25) is 0 Å². The molecule has 2 rings (SSSR count). The first kappa shape index (κ1) is 16.3. The highest BCUT2D eigenvalue weighted by Gasteiger charge is 2.13. The van der Waals surface area contributed by atoms with E-state index in [2.05, 4.69) is 21.2 Å². The Morgan fingerprint density at radius 1 is 1.24 bits per heavy atom. The highest BCUT2D eigenvalue weighted by atomic mass is 79.9. The summed E-state index contributed by atoms with van der Waals surface area (Å²) in [5.41, 5.74) is 1.72. The van der Waals surface area contributed by atoms with Gasteiger partial charge in [0.25, 0.3) is 0 Å². The van der Waals surface area contributed by atoms with Crippen LogP contribution in [0.2, 0.25) is 5.02 Å². The molecule has 4 nitrogen and oxygen atoms in total. The summed E-state index contributed by atoms with van der Waals surface area (Å²) in [6.07, 6.45) is 0. The Kier molecular flexibility index (Phi) is 4.93. The molecule has 0 amide bonds. The van der Waals surface area contributed by atoms with Crippen molar-refractivity contribution < 1.29 is 8.42 Å². The molecule has 7 heteroatoms. The fraction of sp³-hybridized carbons (Fsp3) is 0.143. The summed E-state index contributed by atoms with van der Waals surface area (Å²) in [6.45, 7) is 1.97. The lowest BCUT2D eigenvalue weighted by Gasteiger charge is -2.18. The molecular formula is C14H14BrClN2O2S. The molecule has 0 spiro atoms. The lowest BCUT2D eigenvalue weighted by Crippen LogP contribution is -2.13. The Labute approximate surface area is 137 Å². The number of sulfonamides is 1. The van der Waals surface area contributed by atoms with E-state index in [0.717, 1.165) is 11.3 Å². The van der Waals surface area contributed by atoms with E-state index in [1.54, 1.807) is 6.07 Å². The third-order valence-corrected chi connectivity index (χ3v) is 4.92. The van der Waals surface area contributed by atoms with Crippen LogP contribution >= 0.6 is 27.5 Å². The van der Waals surface area contributed by atoms with Crippen molar-refractivity contribution in [3.8, 4) is 0 Å². The topological polar surface area (TPSA) is 72.2 Å². The van der Waals surface area contributed by atoms with Crippen molar-refractivity contribution in [1.82, 2.24) is 0 Å².